The van der Waals surface area contributed by atoms with Crippen molar-refractivity contribution in [3.63, 3.8) is 0 Å². The summed E-state index contributed by atoms with van der Waals surface area (Å²) in [5, 5.41) is 3.43. The van der Waals surface area contributed by atoms with Gasteiger partial charge in [-0.05, 0) is 46.6 Å². The van der Waals surface area contributed by atoms with E-state index in [9.17, 15) is 9.59 Å². The van der Waals surface area contributed by atoms with E-state index in [4.69, 9.17) is 9.72 Å². The first kappa shape index (κ1) is 24.8. The topological polar surface area (TPSA) is 68.3 Å². The van der Waals surface area contributed by atoms with E-state index in [-0.39, 0.29) is 24.5 Å². The van der Waals surface area contributed by atoms with E-state index in [0.717, 1.165) is 27.0 Å². The predicted octanol–water partition coefficient (Wildman–Crippen LogP) is 7.16. The second kappa shape index (κ2) is 11.9. The smallest absolute Gasteiger partial charge is 0.226 e. The first-order valence-electron chi connectivity index (χ1n) is 11.4. The molecule has 7 heteroatoms. The molecule has 1 amide bonds. The molecule has 35 heavy (non-hydrogen) atoms. The number of ether oxygens (including phenoxy) is 1. The third kappa shape index (κ3) is 6.65. The number of ketones is 1. The number of Topliss-reactive ketones (excluding diaryl/α,β-unsaturated/α-hetero) is 1. The number of hydrogen-bond acceptors (Lipinski definition) is 5. The van der Waals surface area contributed by atoms with Gasteiger partial charge in [-0.1, -0.05) is 60.7 Å². The number of carbonyl (C=O) groups is 2. The number of rotatable bonds is 10. The Kier molecular flexibility index (Phi) is 8.45. The number of benzene rings is 3. The molecule has 0 spiro atoms. The van der Waals surface area contributed by atoms with Gasteiger partial charge in [-0.25, -0.2) is 4.98 Å². The zero-order valence-electron chi connectivity index (χ0n) is 19.3. The van der Waals surface area contributed by atoms with Crippen LogP contribution in [0.25, 0.3) is 11.3 Å². The largest absolute Gasteiger partial charge is 0.493 e. The lowest BCUT2D eigenvalue weighted by molar-refractivity contribution is -0.116. The molecule has 0 fully saturated rings. The quantitative estimate of drug-likeness (QED) is 0.213. The van der Waals surface area contributed by atoms with Crippen LogP contribution in [0.4, 0.5) is 5.13 Å². The van der Waals surface area contributed by atoms with Gasteiger partial charge in [0.25, 0.3) is 0 Å². The number of carbonyl (C=O) groups excluding carboxylic acids is 2. The van der Waals surface area contributed by atoms with Gasteiger partial charge in [0.15, 0.2) is 10.9 Å². The second-order valence-electron chi connectivity index (χ2n) is 7.87. The van der Waals surface area contributed by atoms with Crippen molar-refractivity contribution in [2.24, 2.45) is 0 Å². The lowest BCUT2D eigenvalue weighted by Gasteiger charge is -2.07. The molecule has 0 saturated carbocycles. The van der Waals surface area contributed by atoms with Crippen LogP contribution in [0.5, 0.6) is 5.75 Å². The molecule has 4 rings (SSSR count). The summed E-state index contributed by atoms with van der Waals surface area (Å²) in [4.78, 5) is 31.1. The van der Waals surface area contributed by atoms with Crippen molar-refractivity contribution < 1.29 is 14.3 Å². The number of aromatic nitrogens is 1. The summed E-state index contributed by atoms with van der Waals surface area (Å²) < 4.78 is 6.21. The summed E-state index contributed by atoms with van der Waals surface area (Å²) in [5.74, 6) is 0.354. The molecule has 0 unspecified atom stereocenters. The highest BCUT2D eigenvalue weighted by atomic mass is 79.9. The highest BCUT2D eigenvalue weighted by molar-refractivity contribution is 9.10. The number of nitrogens with zero attached hydrogens (tertiary/aromatic N) is 1. The molecule has 0 radical (unpaired) electrons. The molecule has 1 aromatic heterocycles. The normalized spacial score (nSPS) is 10.7. The number of halogens is 1. The lowest BCUT2D eigenvalue weighted by atomic mass is 10.1. The molecule has 1 N–H and O–H groups in total. The van der Waals surface area contributed by atoms with E-state index in [1.54, 1.807) is 18.2 Å². The van der Waals surface area contributed by atoms with Crippen molar-refractivity contribution >= 4 is 44.1 Å². The second-order valence-corrected chi connectivity index (χ2v) is 9.81. The standard InChI is InChI=1S/C28H25BrN2O3S/c1-2-34-24-15-13-21(18-22(24)29)23(32)14-16-26(33)30-28-31-27(20-11-7-4-8-12-20)25(35-28)17-19-9-5-3-6-10-19/h3-13,15,18H,2,14,16-17H2,1H3,(H,30,31,33). The van der Waals surface area contributed by atoms with Crippen LogP contribution in [-0.2, 0) is 11.2 Å². The molecule has 0 bridgehead atoms. The minimum Gasteiger partial charge on any atom is -0.493 e. The van der Waals surface area contributed by atoms with E-state index < -0.39 is 0 Å². The van der Waals surface area contributed by atoms with E-state index in [0.29, 0.717) is 23.1 Å². The van der Waals surface area contributed by atoms with Crippen LogP contribution in [0.3, 0.4) is 0 Å². The minimum absolute atomic E-state index is 0.0813. The third-order valence-electron chi connectivity index (χ3n) is 5.33. The Labute approximate surface area is 217 Å². The molecular formula is C28H25BrN2O3S. The monoisotopic (exact) mass is 548 g/mol. The maximum atomic E-state index is 12.6. The molecule has 0 aliphatic rings. The van der Waals surface area contributed by atoms with Gasteiger partial charge in [0, 0.05) is 35.3 Å². The maximum Gasteiger partial charge on any atom is 0.226 e. The molecule has 0 atom stereocenters. The van der Waals surface area contributed by atoms with Crippen LogP contribution in [-0.4, -0.2) is 23.3 Å². The fourth-order valence-electron chi connectivity index (χ4n) is 3.63. The Morgan fingerprint density at radius 3 is 2.37 bits per heavy atom. The average molecular weight is 549 g/mol. The summed E-state index contributed by atoms with van der Waals surface area (Å²) in [6, 6.07) is 25.3. The van der Waals surface area contributed by atoms with Crippen molar-refractivity contribution in [2.45, 2.75) is 26.2 Å². The zero-order valence-corrected chi connectivity index (χ0v) is 21.7. The van der Waals surface area contributed by atoms with Crippen LogP contribution in [0.15, 0.2) is 83.3 Å². The van der Waals surface area contributed by atoms with E-state index >= 15 is 0 Å². The van der Waals surface area contributed by atoms with Crippen LogP contribution in [0, 0.1) is 0 Å². The predicted molar refractivity (Wildman–Crippen MR) is 144 cm³/mol. The Morgan fingerprint density at radius 2 is 1.69 bits per heavy atom. The molecule has 4 aromatic rings. The molecule has 0 saturated heterocycles. The van der Waals surface area contributed by atoms with Gasteiger partial charge in [0.2, 0.25) is 5.91 Å². The molecular weight excluding hydrogens is 524 g/mol. The maximum absolute atomic E-state index is 12.6. The van der Waals surface area contributed by atoms with Gasteiger partial charge in [-0.3, -0.25) is 9.59 Å². The van der Waals surface area contributed by atoms with Gasteiger partial charge in [-0.15, -0.1) is 11.3 Å². The first-order chi connectivity index (χ1) is 17.0. The molecule has 178 valence electrons. The van der Waals surface area contributed by atoms with Gasteiger partial charge in [0.1, 0.15) is 5.75 Å². The molecule has 0 aliphatic heterocycles. The van der Waals surface area contributed by atoms with Gasteiger partial charge < -0.3 is 10.1 Å². The van der Waals surface area contributed by atoms with Gasteiger partial charge in [0.05, 0.1) is 16.8 Å². The van der Waals surface area contributed by atoms with Gasteiger partial charge >= 0.3 is 0 Å². The van der Waals surface area contributed by atoms with Gasteiger partial charge in [-0.2, -0.15) is 0 Å². The number of nitrogens with one attached hydrogen (secondary N) is 1. The summed E-state index contributed by atoms with van der Waals surface area (Å²) in [5.41, 5.74) is 3.59. The average Bonchev–Trinajstić information content (AvgIpc) is 3.26. The van der Waals surface area contributed by atoms with E-state index in [1.807, 2.05) is 55.5 Å². The number of hydrogen-bond donors (Lipinski definition) is 1. The highest BCUT2D eigenvalue weighted by Crippen LogP contribution is 2.33. The van der Waals surface area contributed by atoms with Crippen molar-refractivity contribution in [3.05, 3.63) is 99.3 Å². The Morgan fingerprint density at radius 1 is 0.971 bits per heavy atom. The zero-order chi connectivity index (χ0) is 24.6. The number of anilines is 1. The summed E-state index contributed by atoms with van der Waals surface area (Å²) in [6.07, 6.45) is 0.918. The van der Waals surface area contributed by atoms with Crippen LogP contribution < -0.4 is 10.1 Å². The van der Waals surface area contributed by atoms with Crippen molar-refractivity contribution in [3.8, 4) is 17.0 Å². The Bertz CT molecular complexity index is 1310. The molecule has 0 aliphatic carbocycles. The van der Waals surface area contributed by atoms with Crippen molar-refractivity contribution in [1.82, 2.24) is 4.98 Å². The number of thiazole rings is 1. The summed E-state index contributed by atoms with van der Waals surface area (Å²) >= 11 is 4.90. The van der Waals surface area contributed by atoms with E-state index in [1.165, 1.54) is 16.9 Å². The lowest BCUT2D eigenvalue weighted by Crippen LogP contribution is -2.13. The van der Waals surface area contributed by atoms with Crippen LogP contribution in [0.2, 0.25) is 0 Å². The minimum atomic E-state index is -0.233. The van der Waals surface area contributed by atoms with Crippen LogP contribution in [0.1, 0.15) is 40.6 Å². The Balaban J connectivity index is 1.43. The van der Waals surface area contributed by atoms with Crippen molar-refractivity contribution in [2.75, 3.05) is 11.9 Å². The molecule has 5 nitrogen and oxygen atoms in total. The number of amides is 1. The molecule has 1 heterocycles. The van der Waals surface area contributed by atoms with Crippen molar-refractivity contribution in [1.29, 1.82) is 0 Å². The summed E-state index contributed by atoms with van der Waals surface area (Å²) in [7, 11) is 0. The van der Waals surface area contributed by atoms with Crippen LogP contribution >= 0.6 is 27.3 Å². The highest BCUT2D eigenvalue weighted by Gasteiger charge is 2.17. The first-order valence-corrected chi connectivity index (χ1v) is 13.0. The third-order valence-corrected chi connectivity index (χ3v) is 6.92. The SMILES string of the molecule is CCOc1ccc(C(=O)CCC(=O)Nc2nc(-c3ccccc3)c(Cc3ccccc3)s2)cc1Br. The van der Waals surface area contributed by atoms with E-state index in [2.05, 4.69) is 33.4 Å². The Hall–Kier alpha value is -3.29. The fraction of sp³-hybridized carbons (Fsp3) is 0.179. The summed E-state index contributed by atoms with van der Waals surface area (Å²) in [6.45, 7) is 2.45. The fourth-order valence-corrected chi connectivity index (χ4v) is 5.16. The molecule has 3 aromatic carbocycles.